The van der Waals surface area contributed by atoms with Gasteiger partial charge in [0.1, 0.15) is 0 Å². The second-order valence-electron chi connectivity index (χ2n) is 5.72. The van der Waals surface area contributed by atoms with Crippen molar-refractivity contribution < 1.29 is 14.3 Å². The van der Waals surface area contributed by atoms with E-state index >= 15 is 0 Å². The molecule has 1 heterocycles. The number of amides is 2. The average Bonchev–Trinajstić information content (AvgIpc) is 2.97. The lowest BCUT2D eigenvalue weighted by Crippen LogP contribution is -2.36. The molecule has 2 N–H and O–H groups in total. The lowest BCUT2D eigenvalue weighted by atomic mass is 10.1. The van der Waals surface area contributed by atoms with Crippen LogP contribution >= 0.6 is 0 Å². The van der Waals surface area contributed by atoms with Gasteiger partial charge in [-0.15, -0.1) is 0 Å². The summed E-state index contributed by atoms with van der Waals surface area (Å²) >= 11 is 0. The van der Waals surface area contributed by atoms with Crippen LogP contribution in [0.2, 0.25) is 0 Å². The summed E-state index contributed by atoms with van der Waals surface area (Å²) in [4.78, 5) is 12.1. The Labute approximate surface area is 142 Å². The first-order chi connectivity index (χ1) is 11.5. The molecule has 2 rings (SSSR count). The summed E-state index contributed by atoms with van der Waals surface area (Å²) in [6.45, 7) is 2.00. The molecule has 6 nitrogen and oxygen atoms in total. The molecule has 1 atom stereocenters. The van der Waals surface area contributed by atoms with E-state index in [1.54, 1.807) is 32.4 Å². The number of benzene rings is 1. The first kappa shape index (κ1) is 17.7. The molecule has 1 unspecified atom stereocenters. The van der Waals surface area contributed by atoms with Crippen LogP contribution < -0.4 is 20.1 Å². The summed E-state index contributed by atoms with van der Waals surface area (Å²) in [6, 6.07) is 9.21. The zero-order valence-electron chi connectivity index (χ0n) is 14.6. The van der Waals surface area contributed by atoms with Crippen LogP contribution in [0.15, 0.2) is 36.5 Å². The van der Waals surface area contributed by atoms with Crippen molar-refractivity contribution in [3.8, 4) is 11.5 Å². The zero-order valence-corrected chi connectivity index (χ0v) is 14.6. The lowest BCUT2D eigenvalue weighted by molar-refractivity contribution is 0.248. The number of aromatic nitrogens is 1. The minimum atomic E-state index is -0.235. The average molecular weight is 331 g/mol. The highest BCUT2D eigenvalue weighted by atomic mass is 16.5. The van der Waals surface area contributed by atoms with Crippen LogP contribution in [0.3, 0.4) is 0 Å². The van der Waals surface area contributed by atoms with Gasteiger partial charge < -0.3 is 24.7 Å². The van der Waals surface area contributed by atoms with Crippen LogP contribution in [0.1, 0.15) is 19.0 Å². The van der Waals surface area contributed by atoms with E-state index in [0.29, 0.717) is 17.2 Å². The predicted octanol–water partition coefficient (Wildman–Crippen LogP) is 3.19. The molecule has 0 aliphatic carbocycles. The smallest absolute Gasteiger partial charge is 0.319 e. The molecule has 0 radical (unpaired) electrons. The summed E-state index contributed by atoms with van der Waals surface area (Å²) in [5.74, 6) is 1.20. The minimum absolute atomic E-state index is 0.0695. The third-order valence-electron chi connectivity index (χ3n) is 3.90. The van der Waals surface area contributed by atoms with Crippen molar-refractivity contribution >= 4 is 11.7 Å². The number of rotatable bonds is 7. The van der Waals surface area contributed by atoms with E-state index < -0.39 is 0 Å². The molecule has 0 saturated carbocycles. The molecular weight excluding hydrogens is 306 g/mol. The number of ether oxygens (including phenoxy) is 2. The molecule has 1 aromatic carbocycles. The van der Waals surface area contributed by atoms with Crippen LogP contribution in [0.25, 0.3) is 0 Å². The number of aryl methyl sites for hydroxylation is 2. The van der Waals surface area contributed by atoms with Gasteiger partial charge in [0.05, 0.1) is 14.2 Å². The number of anilines is 1. The zero-order chi connectivity index (χ0) is 17.5. The minimum Gasteiger partial charge on any atom is -0.493 e. The third kappa shape index (κ3) is 4.68. The Bertz CT molecular complexity index is 682. The van der Waals surface area contributed by atoms with Crippen molar-refractivity contribution in [2.75, 3.05) is 19.5 Å². The maximum atomic E-state index is 12.1. The van der Waals surface area contributed by atoms with Gasteiger partial charge in [0.2, 0.25) is 0 Å². The number of nitrogens with zero attached hydrogens (tertiary/aromatic N) is 1. The largest absolute Gasteiger partial charge is 0.493 e. The van der Waals surface area contributed by atoms with Gasteiger partial charge in [-0.05, 0) is 44.0 Å². The molecule has 0 bridgehead atoms. The van der Waals surface area contributed by atoms with Crippen LogP contribution in [-0.4, -0.2) is 30.9 Å². The van der Waals surface area contributed by atoms with Gasteiger partial charge in [0.25, 0.3) is 0 Å². The molecular formula is C18H25N3O3. The van der Waals surface area contributed by atoms with Crippen LogP contribution in [0.4, 0.5) is 10.5 Å². The fourth-order valence-electron chi connectivity index (χ4n) is 2.50. The molecule has 2 amide bonds. The molecule has 0 aliphatic heterocycles. The molecule has 6 heteroatoms. The summed E-state index contributed by atoms with van der Waals surface area (Å²) in [7, 11) is 5.16. The van der Waals surface area contributed by atoms with Gasteiger partial charge in [-0.25, -0.2) is 4.79 Å². The molecule has 0 fully saturated rings. The van der Waals surface area contributed by atoms with E-state index in [9.17, 15) is 4.79 Å². The molecule has 1 aromatic heterocycles. The Balaban J connectivity index is 1.85. The first-order valence-electron chi connectivity index (χ1n) is 7.93. The molecule has 0 saturated heterocycles. The quantitative estimate of drug-likeness (QED) is 0.819. The normalized spacial score (nSPS) is 11.7. The van der Waals surface area contributed by atoms with E-state index in [-0.39, 0.29) is 12.1 Å². The monoisotopic (exact) mass is 331 g/mol. The topological polar surface area (TPSA) is 64.5 Å². The Morgan fingerprint density at radius 3 is 2.58 bits per heavy atom. The second kappa shape index (κ2) is 8.29. The van der Waals surface area contributed by atoms with Gasteiger partial charge in [-0.2, -0.15) is 0 Å². The molecule has 0 aliphatic rings. The van der Waals surface area contributed by atoms with E-state index in [0.717, 1.165) is 12.8 Å². The highest BCUT2D eigenvalue weighted by Gasteiger charge is 2.10. The Morgan fingerprint density at radius 2 is 1.96 bits per heavy atom. The number of nitrogens with one attached hydrogen (secondary N) is 2. The van der Waals surface area contributed by atoms with Crippen molar-refractivity contribution in [2.24, 2.45) is 7.05 Å². The van der Waals surface area contributed by atoms with Crippen molar-refractivity contribution in [1.29, 1.82) is 0 Å². The van der Waals surface area contributed by atoms with Crippen LogP contribution in [0.5, 0.6) is 11.5 Å². The van der Waals surface area contributed by atoms with Crippen molar-refractivity contribution in [3.63, 3.8) is 0 Å². The summed E-state index contributed by atoms with van der Waals surface area (Å²) in [5, 5.41) is 5.76. The van der Waals surface area contributed by atoms with E-state index in [2.05, 4.69) is 21.3 Å². The van der Waals surface area contributed by atoms with Crippen LogP contribution in [0, 0.1) is 0 Å². The molecule has 24 heavy (non-hydrogen) atoms. The molecule has 2 aromatic rings. The van der Waals surface area contributed by atoms with Gasteiger partial charge in [0, 0.05) is 36.7 Å². The highest BCUT2D eigenvalue weighted by molar-refractivity contribution is 5.89. The second-order valence-corrected chi connectivity index (χ2v) is 5.72. The number of hydrogen-bond donors (Lipinski definition) is 2. The van der Waals surface area contributed by atoms with E-state index in [1.807, 2.05) is 26.2 Å². The predicted molar refractivity (Wildman–Crippen MR) is 94.9 cm³/mol. The molecule has 0 spiro atoms. The lowest BCUT2D eigenvalue weighted by Gasteiger charge is -2.16. The summed E-state index contributed by atoms with van der Waals surface area (Å²) in [5.41, 5.74) is 1.91. The Kier molecular flexibility index (Phi) is 6.12. The standard InChI is InChI=1S/C18H25N3O3/c1-13(7-9-15-6-5-11-21(15)2)19-18(22)20-14-8-10-16(23-3)17(12-14)24-4/h5-6,8,10-13H,7,9H2,1-4H3,(H2,19,20,22). The summed E-state index contributed by atoms with van der Waals surface area (Å²) in [6.07, 6.45) is 3.82. The molecule has 130 valence electrons. The Morgan fingerprint density at radius 1 is 1.21 bits per heavy atom. The van der Waals surface area contributed by atoms with E-state index in [1.165, 1.54) is 5.69 Å². The first-order valence-corrected chi connectivity index (χ1v) is 7.93. The van der Waals surface area contributed by atoms with Crippen molar-refractivity contribution in [2.45, 2.75) is 25.8 Å². The highest BCUT2D eigenvalue weighted by Crippen LogP contribution is 2.29. The number of urea groups is 1. The van der Waals surface area contributed by atoms with Crippen LogP contribution in [-0.2, 0) is 13.5 Å². The fraction of sp³-hybridized carbons (Fsp3) is 0.389. The van der Waals surface area contributed by atoms with Gasteiger partial charge in [-0.1, -0.05) is 0 Å². The summed E-state index contributed by atoms with van der Waals surface area (Å²) < 4.78 is 12.5. The maximum absolute atomic E-state index is 12.1. The third-order valence-corrected chi connectivity index (χ3v) is 3.90. The maximum Gasteiger partial charge on any atom is 0.319 e. The van der Waals surface area contributed by atoms with Gasteiger partial charge in [-0.3, -0.25) is 0 Å². The van der Waals surface area contributed by atoms with E-state index in [4.69, 9.17) is 9.47 Å². The SMILES string of the molecule is COc1ccc(NC(=O)NC(C)CCc2cccn2C)cc1OC. The number of hydrogen-bond acceptors (Lipinski definition) is 3. The Hall–Kier alpha value is -2.63. The fourth-order valence-corrected chi connectivity index (χ4v) is 2.50. The van der Waals surface area contributed by atoms with Crippen molar-refractivity contribution in [3.05, 3.63) is 42.2 Å². The van der Waals surface area contributed by atoms with Gasteiger partial charge in [0.15, 0.2) is 11.5 Å². The number of carbonyl (C=O) groups excluding carboxylic acids is 1. The number of methoxy groups -OCH3 is 2. The van der Waals surface area contributed by atoms with Crippen molar-refractivity contribution in [1.82, 2.24) is 9.88 Å². The van der Waals surface area contributed by atoms with Gasteiger partial charge >= 0.3 is 6.03 Å². The number of carbonyl (C=O) groups is 1.